The molecule has 2 rings (SSSR count). The average molecular weight is 388 g/mol. The summed E-state index contributed by atoms with van der Waals surface area (Å²) in [5.74, 6) is 0. The molecule has 3 N–H and O–H groups in total. The van der Waals surface area contributed by atoms with Crippen molar-refractivity contribution in [3.8, 4) is 0 Å². The van der Waals surface area contributed by atoms with Gasteiger partial charge in [-0.15, -0.1) is 0 Å². The third-order valence-corrected chi connectivity index (χ3v) is 5.13. The van der Waals surface area contributed by atoms with Crippen molar-refractivity contribution in [2.75, 3.05) is 5.73 Å². The largest absolute Gasteiger partial charge is 0.435 e. The zero-order chi connectivity index (χ0) is 18.3. The maximum atomic E-state index is 12.8. The summed E-state index contributed by atoms with van der Waals surface area (Å²) in [6, 6.07) is 4.40. The average Bonchev–Trinajstić information content (AvgIpc) is 2.79. The molecule has 1 atom stereocenters. The SMILES string of the molecule is CC(O)(c1ccc(Sc2sc(N)nc2C(F)(F)F)cc1)C(F)(F)F. The number of nitrogens with zero attached hydrogens (tertiary/aromatic N) is 1. The summed E-state index contributed by atoms with van der Waals surface area (Å²) in [6.45, 7) is 0.598. The van der Waals surface area contributed by atoms with E-state index in [0.29, 0.717) is 30.0 Å². The third-order valence-electron chi connectivity index (χ3n) is 3.06. The lowest BCUT2D eigenvalue weighted by Crippen LogP contribution is -2.39. The number of thiazole rings is 1. The van der Waals surface area contributed by atoms with Gasteiger partial charge in [0.25, 0.3) is 0 Å². The lowest BCUT2D eigenvalue weighted by atomic mass is 9.96. The first-order chi connectivity index (χ1) is 10.8. The van der Waals surface area contributed by atoms with Crippen LogP contribution < -0.4 is 5.73 Å². The van der Waals surface area contributed by atoms with Crippen LogP contribution in [-0.4, -0.2) is 16.3 Å². The Bertz CT molecular complexity index is 722. The number of benzene rings is 1. The van der Waals surface area contributed by atoms with Gasteiger partial charge < -0.3 is 10.8 Å². The first-order valence-electron chi connectivity index (χ1n) is 6.23. The molecule has 24 heavy (non-hydrogen) atoms. The van der Waals surface area contributed by atoms with Gasteiger partial charge in [-0.2, -0.15) is 26.3 Å². The molecule has 1 unspecified atom stereocenters. The summed E-state index contributed by atoms with van der Waals surface area (Å²) in [4.78, 5) is 3.48. The summed E-state index contributed by atoms with van der Waals surface area (Å²) in [5.41, 5.74) is 0.686. The van der Waals surface area contributed by atoms with Gasteiger partial charge in [-0.1, -0.05) is 35.2 Å². The summed E-state index contributed by atoms with van der Waals surface area (Å²) < 4.78 is 76.5. The van der Waals surface area contributed by atoms with Crippen LogP contribution in [0.5, 0.6) is 0 Å². The second-order valence-corrected chi connectivity index (χ2v) is 7.26. The highest BCUT2D eigenvalue weighted by Gasteiger charge is 2.51. The smallest absolute Gasteiger partial charge is 0.376 e. The van der Waals surface area contributed by atoms with Crippen LogP contribution in [0.1, 0.15) is 18.2 Å². The maximum absolute atomic E-state index is 12.8. The molecule has 0 aliphatic rings. The molecule has 0 saturated heterocycles. The van der Waals surface area contributed by atoms with Gasteiger partial charge in [-0.25, -0.2) is 4.98 Å². The van der Waals surface area contributed by atoms with E-state index in [9.17, 15) is 31.4 Å². The molecule has 0 aliphatic carbocycles. The molecule has 2 aromatic rings. The standard InChI is InChI=1S/C13H10F6N2OS2/c1-11(22,13(17,18)19)6-2-4-7(5-3-6)23-9-8(12(14,15)16)21-10(20)24-9/h2-5,22H,1H3,(H2,20,21). The van der Waals surface area contributed by atoms with Crippen molar-refractivity contribution in [1.29, 1.82) is 0 Å². The molecule has 1 heterocycles. The molecule has 132 valence electrons. The zero-order valence-corrected chi connectivity index (χ0v) is 13.5. The number of rotatable bonds is 3. The van der Waals surface area contributed by atoms with Crippen molar-refractivity contribution in [3.63, 3.8) is 0 Å². The fraction of sp³-hybridized carbons (Fsp3) is 0.308. The Morgan fingerprint density at radius 1 is 1.08 bits per heavy atom. The van der Waals surface area contributed by atoms with Crippen LogP contribution in [0.4, 0.5) is 31.5 Å². The number of hydrogen-bond acceptors (Lipinski definition) is 5. The quantitative estimate of drug-likeness (QED) is 0.751. The van der Waals surface area contributed by atoms with Crippen LogP contribution >= 0.6 is 23.1 Å². The molecule has 1 aromatic heterocycles. The van der Waals surface area contributed by atoms with E-state index < -0.39 is 29.2 Å². The van der Waals surface area contributed by atoms with Crippen LogP contribution in [-0.2, 0) is 11.8 Å². The maximum Gasteiger partial charge on any atom is 0.435 e. The van der Waals surface area contributed by atoms with Crippen molar-refractivity contribution >= 4 is 28.2 Å². The fourth-order valence-corrected chi connectivity index (χ4v) is 3.73. The molecule has 0 amide bonds. The molecule has 1 aromatic carbocycles. The highest BCUT2D eigenvalue weighted by molar-refractivity contribution is 8.01. The second kappa shape index (κ2) is 6.12. The molecule has 0 aliphatic heterocycles. The number of aromatic nitrogens is 1. The van der Waals surface area contributed by atoms with E-state index >= 15 is 0 Å². The predicted molar refractivity (Wildman–Crippen MR) is 77.7 cm³/mol. The Morgan fingerprint density at radius 3 is 2.08 bits per heavy atom. The summed E-state index contributed by atoms with van der Waals surface area (Å²) in [7, 11) is 0. The Labute approximate surface area is 140 Å². The van der Waals surface area contributed by atoms with Gasteiger partial charge in [0, 0.05) is 4.90 Å². The minimum absolute atomic E-state index is 0.213. The highest BCUT2D eigenvalue weighted by Crippen LogP contribution is 2.44. The number of alkyl halides is 6. The topological polar surface area (TPSA) is 59.1 Å². The first-order valence-corrected chi connectivity index (χ1v) is 7.86. The van der Waals surface area contributed by atoms with E-state index in [1.807, 2.05) is 0 Å². The van der Waals surface area contributed by atoms with Crippen molar-refractivity contribution in [1.82, 2.24) is 4.98 Å². The van der Waals surface area contributed by atoms with Crippen LogP contribution in [0, 0.1) is 0 Å². The molecule has 0 spiro atoms. The highest BCUT2D eigenvalue weighted by atomic mass is 32.2. The van der Waals surface area contributed by atoms with Crippen LogP contribution in [0.2, 0.25) is 0 Å². The summed E-state index contributed by atoms with van der Waals surface area (Å²) in [5, 5.41) is 9.29. The van der Waals surface area contributed by atoms with Crippen LogP contribution in [0.25, 0.3) is 0 Å². The van der Waals surface area contributed by atoms with Crippen molar-refractivity contribution < 1.29 is 31.4 Å². The van der Waals surface area contributed by atoms with E-state index in [0.717, 1.165) is 12.1 Å². The Morgan fingerprint density at radius 2 is 1.62 bits per heavy atom. The van der Waals surface area contributed by atoms with Gasteiger partial charge in [-0.05, 0) is 24.6 Å². The number of aliphatic hydroxyl groups is 1. The van der Waals surface area contributed by atoms with E-state index in [-0.39, 0.29) is 14.2 Å². The summed E-state index contributed by atoms with van der Waals surface area (Å²) in [6.07, 6.45) is -9.56. The number of nitrogens with two attached hydrogens (primary N) is 1. The number of halogens is 6. The zero-order valence-electron chi connectivity index (χ0n) is 11.9. The molecule has 11 heteroatoms. The molecule has 3 nitrogen and oxygen atoms in total. The van der Waals surface area contributed by atoms with Crippen molar-refractivity contribution in [2.24, 2.45) is 0 Å². The predicted octanol–water partition coefficient (Wildman–Crippen LogP) is 4.67. The third kappa shape index (κ3) is 3.78. The van der Waals surface area contributed by atoms with E-state index in [1.54, 1.807) is 0 Å². The molecule has 0 bridgehead atoms. The van der Waals surface area contributed by atoms with E-state index in [1.165, 1.54) is 12.1 Å². The Balaban J connectivity index is 2.28. The monoisotopic (exact) mass is 388 g/mol. The fourth-order valence-electron chi connectivity index (χ4n) is 1.69. The van der Waals surface area contributed by atoms with E-state index in [4.69, 9.17) is 5.73 Å². The van der Waals surface area contributed by atoms with Gasteiger partial charge in [0.05, 0.1) is 4.21 Å². The lowest BCUT2D eigenvalue weighted by molar-refractivity contribution is -0.258. The number of hydrogen-bond donors (Lipinski definition) is 2. The van der Waals surface area contributed by atoms with Crippen LogP contribution in [0.15, 0.2) is 33.4 Å². The van der Waals surface area contributed by atoms with Gasteiger partial charge in [0.15, 0.2) is 16.4 Å². The molecule has 0 radical (unpaired) electrons. The number of anilines is 1. The van der Waals surface area contributed by atoms with Crippen molar-refractivity contribution in [3.05, 3.63) is 35.5 Å². The number of nitrogen functional groups attached to an aromatic ring is 1. The minimum Gasteiger partial charge on any atom is -0.376 e. The molecular weight excluding hydrogens is 378 g/mol. The van der Waals surface area contributed by atoms with Crippen LogP contribution in [0.3, 0.4) is 0 Å². The molecular formula is C13H10F6N2OS2. The van der Waals surface area contributed by atoms with Gasteiger partial charge >= 0.3 is 12.4 Å². The van der Waals surface area contributed by atoms with Gasteiger partial charge in [-0.3, -0.25) is 0 Å². The lowest BCUT2D eigenvalue weighted by Gasteiger charge is -2.26. The Kier molecular flexibility index (Phi) is 4.81. The summed E-state index contributed by atoms with van der Waals surface area (Å²) >= 11 is 1.31. The van der Waals surface area contributed by atoms with Gasteiger partial charge in [0.1, 0.15) is 0 Å². The van der Waals surface area contributed by atoms with E-state index in [2.05, 4.69) is 4.98 Å². The second-order valence-electron chi connectivity index (χ2n) is 4.88. The van der Waals surface area contributed by atoms with Crippen molar-refractivity contribution in [2.45, 2.75) is 34.0 Å². The Hall–Kier alpha value is -1.46. The molecule has 0 fully saturated rings. The first kappa shape index (κ1) is 18.9. The van der Waals surface area contributed by atoms with Gasteiger partial charge in [0.2, 0.25) is 0 Å². The molecule has 0 saturated carbocycles. The normalized spacial score (nSPS) is 15.3. The minimum atomic E-state index is -4.88.